The average molecular weight is 350 g/mol. The number of carboxylic acids is 1. The lowest BCUT2D eigenvalue weighted by molar-refractivity contribution is -0.141. The van der Waals surface area contributed by atoms with Gasteiger partial charge in [-0.1, -0.05) is 30.5 Å². The van der Waals surface area contributed by atoms with Crippen LogP contribution in [0, 0.1) is 5.92 Å². The van der Waals surface area contributed by atoms with Gasteiger partial charge in [0.2, 0.25) is 5.91 Å². The first-order chi connectivity index (χ1) is 11.4. The van der Waals surface area contributed by atoms with Crippen molar-refractivity contribution in [2.24, 2.45) is 5.92 Å². The van der Waals surface area contributed by atoms with Crippen LogP contribution in [-0.2, 0) is 19.8 Å². The van der Waals surface area contributed by atoms with E-state index in [4.69, 9.17) is 16.7 Å². The van der Waals surface area contributed by atoms with Crippen molar-refractivity contribution in [2.45, 2.75) is 31.1 Å². The number of carbonyl (C=O) groups excluding carboxylic acids is 3. The van der Waals surface area contributed by atoms with Crippen molar-refractivity contribution in [1.29, 1.82) is 0 Å². The molecule has 7 heteroatoms. The predicted octanol–water partition coefficient (Wildman–Crippen LogP) is 1.73. The Kier molecular flexibility index (Phi) is 4.17. The molecule has 1 amide bonds. The molecule has 1 unspecified atom stereocenters. The largest absolute Gasteiger partial charge is 0.480 e. The highest BCUT2D eigenvalue weighted by Gasteiger charge is 2.54. The average Bonchev–Trinajstić information content (AvgIpc) is 3.02. The number of carboxylic acid groups (broad SMARTS) is 1. The lowest BCUT2D eigenvalue weighted by Crippen LogP contribution is -2.52. The van der Waals surface area contributed by atoms with Crippen LogP contribution in [-0.4, -0.2) is 35.1 Å². The van der Waals surface area contributed by atoms with Gasteiger partial charge < -0.3 is 10.4 Å². The minimum Gasteiger partial charge on any atom is -0.480 e. The van der Waals surface area contributed by atoms with Crippen molar-refractivity contribution >= 4 is 35.0 Å². The second kappa shape index (κ2) is 6.02. The van der Waals surface area contributed by atoms with Gasteiger partial charge >= 0.3 is 5.97 Å². The van der Waals surface area contributed by atoms with Crippen molar-refractivity contribution in [1.82, 2.24) is 5.32 Å². The zero-order valence-electron chi connectivity index (χ0n) is 12.8. The van der Waals surface area contributed by atoms with Gasteiger partial charge in [0.05, 0.1) is 5.41 Å². The Labute approximate surface area is 143 Å². The Morgan fingerprint density at radius 1 is 1.25 bits per heavy atom. The minimum atomic E-state index is -1.51. The topological polar surface area (TPSA) is 101 Å². The molecule has 0 aromatic heterocycles. The van der Waals surface area contributed by atoms with Gasteiger partial charge in [0.15, 0.2) is 17.5 Å². The molecular weight excluding hydrogens is 334 g/mol. The molecule has 0 bridgehead atoms. The van der Waals surface area contributed by atoms with Crippen LogP contribution in [0.1, 0.15) is 41.6 Å². The molecule has 2 aliphatic rings. The lowest BCUT2D eigenvalue weighted by atomic mass is 9.63. The molecule has 0 heterocycles. The highest BCUT2D eigenvalue weighted by molar-refractivity contribution is 6.33. The monoisotopic (exact) mass is 349 g/mol. The minimum absolute atomic E-state index is 0.291. The van der Waals surface area contributed by atoms with E-state index in [1.807, 2.05) is 0 Å². The van der Waals surface area contributed by atoms with Crippen molar-refractivity contribution in [3.05, 3.63) is 34.3 Å². The van der Waals surface area contributed by atoms with E-state index in [1.165, 1.54) is 6.07 Å². The normalized spacial score (nSPS) is 21.6. The van der Waals surface area contributed by atoms with Gasteiger partial charge in [0, 0.05) is 10.6 Å². The fourth-order valence-corrected chi connectivity index (χ4v) is 3.99. The van der Waals surface area contributed by atoms with E-state index in [9.17, 15) is 19.2 Å². The molecule has 0 saturated heterocycles. The summed E-state index contributed by atoms with van der Waals surface area (Å²) in [5.41, 5.74) is 0.0835. The second-order valence-electron chi connectivity index (χ2n) is 6.25. The van der Waals surface area contributed by atoms with Gasteiger partial charge in [-0.2, -0.15) is 0 Å². The summed E-state index contributed by atoms with van der Waals surface area (Å²) in [5.74, 6) is -4.64. The highest BCUT2D eigenvalue weighted by Crippen LogP contribution is 2.48. The Bertz CT molecular complexity index is 751. The Morgan fingerprint density at radius 2 is 1.92 bits per heavy atom. The molecule has 1 saturated carbocycles. The molecule has 1 spiro atoms. The number of hydrogen-bond acceptors (Lipinski definition) is 4. The molecule has 6 nitrogen and oxygen atoms in total. The molecule has 1 atom stereocenters. The van der Waals surface area contributed by atoms with Crippen LogP contribution in [0.15, 0.2) is 18.2 Å². The number of amides is 1. The number of benzene rings is 1. The fraction of sp³-hybridized carbons (Fsp3) is 0.412. The number of fused-ring (bicyclic) bond motifs is 2. The van der Waals surface area contributed by atoms with E-state index < -0.39 is 41.3 Å². The predicted molar refractivity (Wildman–Crippen MR) is 85.1 cm³/mol. The zero-order chi connectivity index (χ0) is 17.5. The standard InChI is InChI=1S/C17H16ClNO5/c18-9-3-4-11-10(7-9)14(22)13(16(24)19-8-12(20)21)15(23)17(11)5-1-2-6-17/h3-4,7,13H,1-2,5-6,8H2,(H,19,24)(H,20,21). The molecule has 1 fully saturated rings. The summed E-state index contributed by atoms with van der Waals surface area (Å²) >= 11 is 5.99. The number of rotatable bonds is 3. The van der Waals surface area contributed by atoms with E-state index in [0.29, 0.717) is 29.0 Å². The molecule has 2 aliphatic carbocycles. The fourth-order valence-electron chi connectivity index (χ4n) is 3.82. The molecule has 1 aromatic rings. The SMILES string of the molecule is O=C(O)CNC(=O)C1C(=O)c2cc(Cl)ccc2C2(CCCC2)C1=O. The van der Waals surface area contributed by atoms with Crippen LogP contribution < -0.4 is 5.32 Å². The number of ketones is 2. The van der Waals surface area contributed by atoms with Crippen LogP contribution in [0.2, 0.25) is 5.02 Å². The molecule has 0 radical (unpaired) electrons. The van der Waals surface area contributed by atoms with Crippen molar-refractivity contribution in [2.75, 3.05) is 6.54 Å². The summed E-state index contributed by atoms with van der Waals surface area (Å²) < 4.78 is 0. The van der Waals surface area contributed by atoms with Crippen molar-refractivity contribution < 1.29 is 24.3 Å². The molecule has 3 rings (SSSR count). The molecular formula is C17H16ClNO5. The molecule has 2 N–H and O–H groups in total. The number of halogens is 1. The Hall–Kier alpha value is -2.21. The number of nitrogens with one attached hydrogen (secondary N) is 1. The van der Waals surface area contributed by atoms with Crippen molar-refractivity contribution in [3.8, 4) is 0 Å². The Morgan fingerprint density at radius 3 is 2.54 bits per heavy atom. The second-order valence-corrected chi connectivity index (χ2v) is 6.69. The maximum absolute atomic E-state index is 13.0. The van der Waals surface area contributed by atoms with Gasteiger partial charge in [-0.3, -0.25) is 19.2 Å². The highest BCUT2D eigenvalue weighted by atomic mass is 35.5. The number of carbonyl (C=O) groups is 4. The van der Waals surface area contributed by atoms with Gasteiger partial charge in [-0.25, -0.2) is 0 Å². The first-order valence-electron chi connectivity index (χ1n) is 7.75. The maximum Gasteiger partial charge on any atom is 0.322 e. The summed E-state index contributed by atoms with van der Waals surface area (Å²) in [6.45, 7) is -0.634. The third-order valence-corrected chi connectivity index (χ3v) is 5.13. The van der Waals surface area contributed by atoms with E-state index in [2.05, 4.69) is 5.32 Å². The van der Waals surface area contributed by atoms with E-state index >= 15 is 0 Å². The molecule has 0 aliphatic heterocycles. The summed E-state index contributed by atoms with van der Waals surface area (Å²) in [4.78, 5) is 48.7. The summed E-state index contributed by atoms with van der Waals surface area (Å²) in [6, 6.07) is 4.83. The number of Topliss-reactive ketones (excluding diaryl/α,β-unsaturated/α-hetero) is 2. The third-order valence-electron chi connectivity index (χ3n) is 4.89. The number of aliphatic carboxylic acids is 1. The van der Waals surface area contributed by atoms with E-state index in [-0.39, 0.29) is 0 Å². The zero-order valence-corrected chi connectivity index (χ0v) is 13.6. The molecule has 24 heavy (non-hydrogen) atoms. The van der Waals surface area contributed by atoms with E-state index in [0.717, 1.165) is 12.8 Å². The third kappa shape index (κ3) is 2.51. The van der Waals surface area contributed by atoms with E-state index in [1.54, 1.807) is 12.1 Å². The van der Waals surface area contributed by atoms with Gasteiger partial charge in [-0.15, -0.1) is 0 Å². The quantitative estimate of drug-likeness (QED) is 0.809. The molecule has 1 aromatic carbocycles. The number of hydrogen-bond donors (Lipinski definition) is 2. The van der Waals surface area contributed by atoms with Crippen LogP contribution in [0.5, 0.6) is 0 Å². The van der Waals surface area contributed by atoms with Gasteiger partial charge in [-0.05, 0) is 30.5 Å². The summed E-state index contributed by atoms with van der Waals surface area (Å²) in [7, 11) is 0. The van der Waals surface area contributed by atoms with Crippen LogP contribution in [0.4, 0.5) is 0 Å². The van der Waals surface area contributed by atoms with Crippen LogP contribution in [0.3, 0.4) is 0 Å². The molecule has 126 valence electrons. The van der Waals surface area contributed by atoms with Gasteiger partial charge in [0.1, 0.15) is 6.54 Å². The summed E-state index contributed by atoms with van der Waals surface area (Å²) in [6.07, 6.45) is 2.84. The van der Waals surface area contributed by atoms with Gasteiger partial charge in [0.25, 0.3) is 0 Å². The summed E-state index contributed by atoms with van der Waals surface area (Å²) in [5, 5.41) is 11.2. The van der Waals surface area contributed by atoms with Crippen LogP contribution in [0.25, 0.3) is 0 Å². The smallest absolute Gasteiger partial charge is 0.322 e. The maximum atomic E-state index is 13.0. The first-order valence-corrected chi connectivity index (χ1v) is 8.13. The Balaban J connectivity index is 2.07. The first kappa shape index (κ1) is 16.6. The van der Waals surface area contributed by atoms with Crippen molar-refractivity contribution in [3.63, 3.8) is 0 Å². The lowest BCUT2D eigenvalue weighted by Gasteiger charge is -2.37. The van der Waals surface area contributed by atoms with Crippen LogP contribution >= 0.6 is 11.6 Å².